The van der Waals surface area contributed by atoms with Gasteiger partial charge in [-0.1, -0.05) is 41.6 Å². The SMILES string of the molecule is CCOC(=O)c1c(-c2ccccc2)csc1NC(=O)COCc1cc(-c2cccs2)on1. The van der Waals surface area contributed by atoms with Crippen molar-refractivity contribution in [3.8, 4) is 21.8 Å². The smallest absolute Gasteiger partial charge is 0.341 e. The Hall–Kier alpha value is -3.27. The maximum atomic E-state index is 12.6. The van der Waals surface area contributed by atoms with Crippen LogP contribution in [0.1, 0.15) is 23.0 Å². The van der Waals surface area contributed by atoms with Gasteiger partial charge in [0.05, 0.1) is 18.1 Å². The van der Waals surface area contributed by atoms with Gasteiger partial charge in [0.15, 0.2) is 5.76 Å². The van der Waals surface area contributed by atoms with Crippen LogP contribution in [0.5, 0.6) is 0 Å². The van der Waals surface area contributed by atoms with Gasteiger partial charge in [-0.2, -0.15) is 0 Å². The molecule has 1 N–H and O–H groups in total. The predicted molar refractivity (Wildman–Crippen MR) is 124 cm³/mol. The summed E-state index contributed by atoms with van der Waals surface area (Å²) in [6.45, 7) is 1.92. The van der Waals surface area contributed by atoms with E-state index in [1.54, 1.807) is 24.3 Å². The number of hydrogen-bond acceptors (Lipinski definition) is 8. The number of nitrogens with one attached hydrogen (secondary N) is 1. The summed E-state index contributed by atoms with van der Waals surface area (Å²) in [7, 11) is 0. The van der Waals surface area contributed by atoms with Gasteiger partial charge in [0.2, 0.25) is 0 Å². The Bertz CT molecular complexity index is 1180. The van der Waals surface area contributed by atoms with Crippen molar-refractivity contribution in [2.75, 3.05) is 18.5 Å². The van der Waals surface area contributed by atoms with Gasteiger partial charge in [0, 0.05) is 17.0 Å². The first-order chi connectivity index (χ1) is 15.7. The number of esters is 1. The number of carbonyl (C=O) groups excluding carboxylic acids is 2. The lowest BCUT2D eigenvalue weighted by molar-refractivity contribution is -0.121. The van der Waals surface area contributed by atoms with E-state index in [0.29, 0.717) is 27.6 Å². The number of benzene rings is 1. The van der Waals surface area contributed by atoms with Crippen LogP contribution in [0.3, 0.4) is 0 Å². The minimum Gasteiger partial charge on any atom is -0.462 e. The second-order valence-corrected chi connectivity index (χ2v) is 8.47. The monoisotopic (exact) mass is 468 g/mol. The maximum Gasteiger partial charge on any atom is 0.341 e. The molecule has 3 heterocycles. The summed E-state index contributed by atoms with van der Waals surface area (Å²) in [4.78, 5) is 26.0. The summed E-state index contributed by atoms with van der Waals surface area (Å²) < 4.78 is 16.0. The van der Waals surface area contributed by atoms with Gasteiger partial charge in [0.25, 0.3) is 5.91 Å². The van der Waals surface area contributed by atoms with E-state index in [1.807, 2.05) is 53.2 Å². The molecule has 164 valence electrons. The third-order valence-corrected chi connectivity index (χ3v) is 6.19. The molecule has 1 aromatic carbocycles. The van der Waals surface area contributed by atoms with Gasteiger partial charge in [-0.15, -0.1) is 22.7 Å². The molecule has 4 rings (SSSR count). The van der Waals surface area contributed by atoms with Gasteiger partial charge in [-0.25, -0.2) is 4.79 Å². The zero-order chi connectivity index (χ0) is 22.3. The van der Waals surface area contributed by atoms with Crippen molar-refractivity contribution in [2.45, 2.75) is 13.5 Å². The Morgan fingerprint density at radius 1 is 1.12 bits per heavy atom. The molecule has 0 bridgehead atoms. The van der Waals surface area contributed by atoms with Crippen LogP contribution in [0.25, 0.3) is 21.8 Å². The van der Waals surface area contributed by atoms with Crippen LogP contribution in [-0.4, -0.2) is 30.2 Å². The molecular weight excluding hydrogens is 448 g/mol. The van der Waals surface area contributed by atoms with E-state index in [4.69, 9.17) is 14.0 Å². The fraction of sp³-hybridized carbons (Fsp3) is 0.174. The van der Waals surface area contributed by atoms with E-state index in [9.17, 15) is 9.59 Å². The fourth-order valence-corrected chi connectivity index (χ4v) is 4.66. The van der Waals surface area contributed by atoms with Crippen molar-refractivity contribution in [1.29, 1.82) is 0 Å². The standard InChI is InChI=1S/C23H20N2O5S2/c1-2-29-23(27)21-17(15-7-4-3-5-8-15)14-32-22(21)24-20(26)13-28-12-16-11-18(30-25-16)19-9-6-10-31-19/h3-11,14H,2,12-13H2,1H3,(H,24,26). The van der Waals surface area contributed by atoms with Gasteiger partial charge < -0.3 is 19.3 Å². The lowest BCUT2D eigenvalue weighted by atomic mass is 10.0. The molecule has 0 atom stereocenters. The molecular formula is C23H20N2O5S2. The minimum absolute atomic E-state index is 0.132. The highest BCUT2D eigenvalue weighted by Crippen LogP contribution is 2.36. The molecule has 0 fully saturated rings. The van der Waals surface area contributed by atoms with Crippen LogP contribution in [0, 0.1) is 0 Å². The topological polar surface area (TPSA) is 90.7 Å². The van der Waals surface area contributed by atoms with Crippen LogP contribution < -0.4 is 5.32 Å². The molecule has 4 aromatic rings. The first-order valence-electron chi connectivity index (χ1n) is 9.86. The van der Waals surface area contributed by atoms with Crippen molar-refractivity contribution < 1.29 is 23.6 Å². The number of aromatic nitrogens is 1. The van der Waals surface area contributed by atoms with Gasteiger partial charge >= 0.3 is 5.97 Å². The molecule has 0 saturated carbocycles. The van der Waals surface area contributed by atoms with E-state index in [2.05, 4.69) is 10.5 Å². The molecule has 3 aromatic heterocycles. The molecule has 0 radical (unpaired) electrons. The Morgan fingerprint density at radius 2 is 1.97 bits per heavy atom. The molecule has 0 aliphatic carbocycles. The lowest BCUT2D eigenvalue weighted by Gasteiger charge is -2.09. The van der Waals surface area contributed by atoms with Crippen molar-refractivity contribution in [3.63, 3.8) is 0 Å². The molecule has 0 unspecified atom stereocenters. The molecule has 0 saturated heterocycles. The molecule has 32 heavy (non-hydrogen) atoms. The number of hydrogen-bond donors (Lipinski definition) is 1. The highest BCUT2D eigenvalue weighted by atomic mass is 32.1. The van der Waals surface area contributed by atoms with E-state index in [0.717, 1.165) is 10.4 Å². The molecule has 9 heteroatoms. The largest absolute Gasteiger partial charge is 0.462 e. The number of ether oxygens (including phenoxy) is 2. The van der Waals surface area contributed by atoms with Crippen LogP contribution >= 0.6 is 22.7 Å². The summed E-state index contributed by atoms with van der Waals surface area (Å²) >= 11 is 2.82. The van der Waals surface area contributed by atoms with Crippen molar-refractivity contribution in [1.82, 2.24) is 5.16 Å². The van der Waals surface area contributed by atoms with E-state index in [-0.39, 0.29) is 25.7 Å². The van der Waals surface area contributed by atoms with Crippen LogP contribution in [-0.2, 0) is 20.9 Å². The van der Waals surface area contributed by atoms with E-state index in [1.165, 1.54) is 11.3 Å². The van der Waals surface area contributed by atoms with Crippen molar-refractivity contribution in [3.05, 3.63) is 70.5 Å². The summed E-state index contributed by atoms with van der Waals surface area (Å²) in [5.74, 6) is -0.194. The summed E-state index contributed by atoms with van der Waals surface area (Å²) in [6.07, 6.45) is 0. The number of carbonyl (C=O) groups is 2. The molecule has 0 aliphatic heterocycles. The second kappa shape index (κ2) is 10.4. The maximum absolute atomic E-state index is 12.6. The van der Waals surface area contributed by atoms with Crippen LogP contribution in [0.2, 0.25) is 0 Å². The highest BCUT2D eigenvalue weighted by Gasteiger charge is 2.22. The number of anilines is 1. The Balaban J connectivity index is 1.39. The van der Waals surface area contributed by atoms with Crippen LogP contribution in [0.15, 0.2) is 63.8 Å². The Labute approximate surface area is 192 Å². The number of nitrogens with zero attached hydrogens (tertiary/aromatic N) is 1. The Kier molecular flexibility index (Phi) is 7.10. The highest BCUT2D eigenvalue weighted by molar-refractivity contribution is 7.15. The number of thiophene rings is 2. The minimum atomic E-state index is -0.479. The predicted octanol–water partition coefficient (Wildman–Crippen LogP) is 5.46. The number of amides is 1. The molecule has 0 aliphatic rings. The first-order valence-corrected chi connectivity index (χ1v) is 11.6. The molecule has 7 nitrogen and oxygen atoms in total. The zero-order valence-corrected chi connectivity index (χ0v) is 18.8. The summed E-state index contributed by atoms with van der Waals surface area (Å²) in [5, 5.41) is 10.9. The number of rotatable bonds is 9. The lowest BCUT2D eigenvalue weighted by Crippen LogP contribution is -2.19. The van der Waals surface area contributed by atoms with Gasteiger partial charge in [-0.05, 0) is 23.9 Å². The Morgan fingerprint density at radius 3 is 2.72 bits per heavy atom. The zero-order valence-electron chi connectivity index (χ0n) is 17.2. The quantitative estimate of drug-likeness (QED) is 0.328. The fourth-order valence-electron chi connectivity index (χ4n) is 3.01. The van der Waals surface area contributed by atoms with Crippen molar-refractivity contribution >= 4 is 39.6 Å². The normalized spacial score (nSPS) is 10.8. The van der Waals surface area contributed by atoms with Gasteiger partial charge in [0.1, 0.15) is 22.9 Å². The third-order valence-electron chi connectivity index (χ3n) is 4.41. The van der Waals surface area contributed by atoms with Gasteiger partial charge in [-0.3, -0.25) is 4.79 Å². The van der Waals surface area contributed by atoms with E-state index < -0.39 is 5.97 Å². The van der Waals surface area contributed by atoms with Crippen molar-refractivity contribution in [2.24, 2.45) is 0 Å². The molecule has 0 spiro atoms. The third kappa shape index (κ3) is 5.13. The molecule has 1 amide bonds. The average Bonchev–Trinajstić information content (AvgIpc) is 3.55. The van der Waals surface area contributed by atoms with Crippen LogP contribution in [0.4, 0.5) is 5.00 Å². The summed E-state index contributed by atoms with van der Waals surface area (Å²) in [5.41, 5.74) is 2.52. The second-order valence-electron chi connectivity index (χ2n) is 6.64. The van der Waals surface area contributed by atoms with E-state index >= 15 is 0 Å². The first kappa shape index (κ1) is 21.9. The summed E-state index contributed by atoms with van der Waals surface area (Å²) in [6, 6.07) is 15.1. The average molecular weight is 469 g/mol.